The molecule has 7 rings (SSSR count). The summed E-state index contributed by atoms with van der Waals surface area (Å²) in [6.07, 6.45) is -9.67. The third-order valence-corrected chi connectivity index (χ3v) is 13.6. The number of fused-ring (bicyclic) bond motifs is 3. The van der Waals surface area contributed by atoms with E-state index >= 15 is 8.78 Å². The van der Waals surface area contributed by atoms with Crippen LogP contribution in [0.4, 0.5) is 26.7 Å². The van der Waals surface area contributed by atoms with E-state index in [1.807, 2.05) is 24.3 Å². The molecule has 13 nitrogen and oxygen atoms in total. The Kier molecular flexibility index (Phi) is 9.65. The zero-order chi connectivity index (χ0) is 38.8. The van der Waals surface area contributed by atoms with Gasteiger partial charge in [0.2, 0.25) is 33.7 Å². The molecular weight excluding hydrogens is 745 g/mol. The number of hydrogen-bond donors (Lipinski definition) is 3. The fourth-order valence-electron chi connectivity index (χ4n) is 7.98. The van der Waals surface area contributed by atoms with Crippen molar-refractivity contribution in [3.63, 3.8) is 0 Å². The first kappa shape index (κ1) is 38.3. The van der Waals surface area contributed by atoms with Gasteiger partial charge in [-0.05, 0) is 68.4 Å². The molecule has 3 heterocycles. The summed E-state index contributed by atoms with van der Waals surface area (Å²) >= 11 is 0. The maximum Gasteiger partial charge on any atom is 0.410 e. The van der Waals surface area contributed by atoms with Gasteiger partial charge in [-0.1, -0.05) is 30.7 Å². The summed E-state index contributed by atoms with van der Waals surface area (Å²) in [4.78, 5) is 70.7. The fraction of sp³-hybridized carbons (Fsp3) is 0.686. The Balaban J connectivity index is 1.17. The van der Waals surface area contributed by atoms with Gasteiger partial charge in [0, 0.05) is 32.4 Å². The number of alkyl halides is 5. The van der Waals surface area contributed by atoms with Gasteiger partial charge in [-0.3, -0.25) is 28.8 Å². The molecule has 0 spiro atoms. The van der Waals surface area contributed by atoms with Crippen LogP contribution in [-0.4, -0.2) is 95.6 Å². The number of sulfonamides is 1. The summed E-state index contributed by atoms with van der Waals surface area (Å²) in [6, 6.07) is 3.87. The lowest BCUT2D eigenvalue weighted by atomic mass is 9.99. The van der Waals surface area contributed by atoms with Gasteiger partial charge in [0.15, 0.2) is 0 Å². The van der Waals surface area contributed by atoms with Gasteiger partial charge in [0.25, 0.3) is 5.91 Å². The number of hydrogen-bond acceptors (Lipinski definition) is 8. The first-order chi connectivity index (χ1) is 25.3. The highest BCUT2D eigenvalue weighted by molar-refractivity contribution is 7.91. The summed E-state index contributed by atoms with van der Waals surface area (Å²) in [6.45, 7) is -0.0317. The standard InChI is InChI=1S/C35H42F5N5O8S/c36-33(37)11-4-3-7-22-16-34(22,30(49)43-54(51,52)24-8-9-24)42-27(46)26-15-23(53-31(50)44-17-20-5-1-2-6-21(20)18-44)19-45(26)28(47)25(10-12-33)41-29(48)32(13-14-32)35(38,39)40/h1-2,5-6,22-26H,3-4,7-19H2,(H,41,48)(H,42,46)(H,43,49)/t22-,23?,25+,26+,34-/m1/s1. The minimum absolute atomic E-state index is 0.00599. The van der Waals surface area contributed by atoms with Crippen LogP contribution in [0.5, 0.6) is 0 Å². The van der Waals surface area contributed by atoms with Crippen LogP contribution in [0.3, 0.4) is 0 Å². The molecule has 296 valence electrons. The van der Waals surface area contributed by atoms with Gasteiger partial charge in [-0.25, -0.2) is 22.0 Å². The van der Waals surface area contributed by atoms with Crippen molar-refractivity contribution in [2.75, 3.05) is 6.54 Å². The van der Waals surface area contributed by atoms with Gasteiger partial charge < -0.3 is 20.3 Å². The minimum Gasteiger partial charge on any atom is -0.444 e. The normalized spacial score (nSPS) is 30.8. The molecule has 3 aliphatic heterocycles. The zero-order valence-corrected chi connectivity index (χ0v) is 30.1. The average molecular weight is 788 g/mol. The summed E-state index contributed by atoms with van der Waals surface area (Å²) in [5.74, 6) is -8.61. The lowest BCUT2D eigenvalue weighted by Crippen LogP contribution is -2.59. The number of carbonyl (C=O) groups excluding carboxylic acids is 5. The molecule has 3 aliphatic carbocycles. The van der Waals surface area contributed by atoms with Crippen molar-refractivity contribution in [2.24, 2.45) is 11.3 Å². The van der Waals surface area contributed by atoms with E-state index in [4.69, 9.17) is 4.74 Å². The van der Waals surface area contributed by atoms with Crippen LogP contribution in [0.25, 0.3) is 0 Å². The van der Waals surface area contributed by atoms with Crippen molar-refractivity contribution < 1.29 is 59.1 Å². The molecule has 5 fully saturated rings. The molecule has 1 unspecified atom stereocenters. The van der Waals surface area contributed by atoms with Crippen LogP contribution in [0, 0.1) is 11.3 Å². The second-order valence-electron chi connectivity index (χ2n) is 15.7. The monoisotopic (exact) mass is 787 g/mol. The number of halogens is 5. The predicted octanol–water partition coefficient (Wildman–Crippen LogP) is 3.41. The lowest BCUT2D eigenvalue weighted by molar-refractivity contribution is -0.193. The van der Waals surface area contributed by atoms with Crippen molar-refractivity contribution in [2.45, 2.75) is 131 Å². The third-order valence-electron chi connectivity index (χ3n) is 11.7. The number of carbonyl (C=O) groups is 5. The van der Waals surface area contributed by atoms with Crippen molar-refractivity contribution in [3.05, 3.63) is 35.4 Å². The third kappa shape index (κ3) is 7.48. The Hall–Kier alpha value is -4.03. The molecular formula is C35H42F5N5O8S. The highest BCUT2D eigenvalue weighted by Crippen LogP contribution is 2.58. The van der Waals surface area contributed by atoms with Crippen LogP contribution < -0.4 is 15.4 Å². The van der Waals surface area contributed by atoms with Gasteiger partial charge in [0.1, 0.15) is 29.1 Å². The first-order valence-corrected chi connectivity index (χ1v) is 19.9. The Morgan fingerprint density at radius 3 is 2.19 bits per heavy atom. The van der Waals surface area contributed by atoms with Crippen molar-refractivity contribution in [1.29, 1.82) is 0 Å². The molecule has 3 N–H and O–H groups in total. The quantitative estimate of drug-likeness (QED) is 0.369. The number of ether oxygens (including phenoxy) is 1. The highest BCUT2D eigenvalue weighted by Gasteiger charge is 2.69. The van der Waals surface area contributed by atoms with E-state index in [1.165, 1.54) is 4.90 Å². The SMILES string of the molecule is O=C1N[C@]2(C(=O)NS(=O)(=O)C3CC3)C[C@H]2CCCCC(F)(F)CC[C@H](NC(=O)C2(C(F)(F)F)CC2)C(=O)N2CC(OC(=O)N3Cc4ccccc4C3)C[C@@H]12. The minimum atomic E-state index is -4.96. The fourth-order valence-corrected chi connectivity index (χ4v) is 9.34. The Bertz CT molecular complexity index is 1810. The van der Waals surface area contributed by atoms with Gasteiger partial charge in [0.05, 0.1) is 11.8 Å². The van der Waals surface area contributed by atoms with E-state index < -0.39 is 131 Å². The van der Waals surface area contributed by atoms with Crippen LogP contribution in [-0.2, 0) is 47.0 Å². The Morgan fingerprint density at radius 1 is 0.907 bits per heavy atom. The molecule has 0 radical (unpaired) electrons. The molecule has 2 saturated heterocycles. The maximum absolute atomic E-state index is 15.2. The van der Waals surface area contributed by atoms with Crippen molar-refractivity contribution in [3.8, 4) is 0 Å². The molecule has 0 bridgehead atoms. The predicted molar refractivity (Wildman–Crippen MR) is 177 cm³/mol. The van der Waals surface area contributed by atoms with Crippen LogP contribution >= 0.6 is 0 Å². The Morgan fingerprint density at radius 2 is 1.57 bits per heavy atom. The summed E-state index contributed by atoms with van der Waals surface area (Å²) in [7, 11) is -4.06. The lowest BCUT2D eigenvalue weighted by Gasteiger charge is -2.31. The van der Waals surface area contributed by atoms with Gasteiger partial charge >= 0.3 is 12.3 Å². The topological polar surface area (TPSA) is 171 Å². The molecule has 19 heteroatoms. The van der Waals surface area contributed by atoms with Crippen LogP contribution in [0.2, 0.25) is 0 Å². The van der Waals surface area contributed by atoms with E-state index in [0.717, 1.165) is 16.0 Å². The molecule has 54 heavy (non-hydrogen) atoms. The van der Waals surface area contributed by atoms with Gasteiger partial charge in [-0.2, -0.15) is 13.2 Å². The molecule has 3 saturated carbocycles. The number of nitrogens with zero attached hydrogens (tertiary/aromatic N) is 2. The second kappa shape index (κ2) is 13.6. The Labute approximate surface area is 308 Å². The molecule has 1 aromatic carbocycles. The smallest absolute Gasteiger partial charge is 0.410 e. The van der Waals surface area contributed by atoms with Crippen molar-refractivity contribution in [1.82, 2.24) is 25.2 Å². The number of benzene rings is 1. The van der Waals surface area contributed by atoms with Crippen LogP contribution in [0.1, 0.15) is 88.2 Å². The number of nitrogens with one attached hydrogen (secondary N) is 3. The van der Waals surface area contributed by atoms with E-state index in [-0.39, 0.29) is 45.2 Å². The summed E-state index contributed by atoms with van der Waals surface area (Å²) in [5.41, 5.74) is -2.75. The molecule has 5 atom stereocenters. The molecule has 0 aromatic heterocycles. The molecule has 1 aromatic rings. The van der Waals surface area contributed by atoms with Crippen LogP contribution in [0.15, 0.2) is 24.3 Å². The maximum atomic E-state index is 15.2. The number of amides is 5. The zero-order valence-electron chi connectivity index (χ0n) is 29.3. The van der Waals surface area contributed by atoms with E-state index in [9.17, 15) is 45.6 Å². The highest BCUT2D eigenvalue weighted by atomic mass is 32.2. The summed E-state index contributed by atoms with van der Waals surface area (Å²) < 4.78 is 105. The van der Waals surface area contributed by atoms with E-state index in [0.29, 0.717) is 12.8 Å². The summed E-state index contributed by atoms with van der Waals surface area (Å²) in [5, 5.41) is 3.93. The molecule has 6 aliphatic rings. The van der Waals surface area contributed by atoms with E-state index in [2.05, 4.69) is 15.4 Å². The second-order valence-corrected chi connectivity index (χ2v) is 17.6. The average Bonchev–Trinajstić information content (AvgIpc) is 4.03. The van der Waals surface area contributed by atoms with E-state index in [1.54, 1.807) is 0 Å². The number of rotatable bonds is 6. The van der Waals surface area contributed by atoms with Gasteiger partial charge in [-0.15, -0.1) is 0 Å². The van der Waals surface area contributed by atoms with Crippen molar-refractivity contribution >= 4 is 39.7 Å². The molecule has 5 amide bonds. The first-order valence-electron chi connectivity index (χ1n) is 18.3. The largest absolute Gasteiger partial charge is 0.444 e.